The van der Waals surface area contributed by atoms with E-state index in [9.17, 15) is 4.79 Å². The van der Waals surface area contributed by atoms with E-state index in [0.29, 0.717) is 5.92 Å². The molecule has 118 valence electrons. The maximum atomic E-state index is 10.9. The molecule has 21 heavy (non-hydrogen) atoms. The topological polar surface area (TPSA) is 58.4 Å². The Morgan fingerprint density at radius 1 is 1.52 bits per heavy atom. The first-order valence-corrected chi connectivity index (χ1v) is 7.79. The van der Waals surface area contributed by atoms with Gasteiger partial charge < -0.3 is 10.0 Å². The van der Waals surface area contributed by atoms with Gasteiger partial charge in [0.2, 0.25) is 0 Å². The summed E-state index contributed by atoms with van der Waals surface area (Å²) in [5.41, 5.74) is 1.05. The maximum absolute atomic E-state index is 10.9. The van der Waals surface area contributed by atoms with Gasteiger partial charge in [0.25, 0.3) is 0 Å². The molecule has 1 atom stereocenters. The molecule has 1 aromatic heterocycles. The second-order valence-corrected chi connectivity index (χ2v) is 7.04. The fourth-order valence-corrected chi connectivity index (χ4v) is 3.11. The van der Waals surface area contributed by atoms with Crippen LogP contribution in [0.3, 0.4) is 0 Å². The van der Waals surface area contributed by atoms with Crippen LogP contribution in [0.1, 0.15) is 51.1 Å². The van der Waals surface area contributed by atoms with Crippen LogP contribution in [0.4, 0.5) is 0 Å². The zero-order valence-electron chi connectivity index (χ0n) is 13.4. The molecule has 0 spiro atoms. The van der Waals surface area contributed by atoms with E-state index in [-0.39, 0.29) is 11.8 Å². The monoisotopic (exact) mass is 293 g/mol. The quantitative estimate of drug-likeness (QED) is 0.875. The van der Waals surface area contributed by atoms with Crippen LogP contribution in [0.2, 0.25) is 0 Å². The van der Waals surface area contributed by atoms with Crippen LogP contribution in [0.25, 0.3) is 0 Å². The average Bonchev–Trinajstić information content (AvgIpc) is 2.82. The zero-order valence-corrected chi connectivity index (χ0v) is 13.4. The van der Waals surface area contributed by atoms with E-state index in [1.807, 2.05) is 31.8 Å². The molecule has 2 heterocycles. The van der Waals surface area contributed by atoms with Crippen molar-refractivity contribution in [1.82, 2.24) is 14.7 Å². The lowest BCUT2D eigenvalue weighted by atomic mass is 9.85. The first-order valence-electron chi connectivity index (χ1n) is 7.79. The van der Waals surface area contributed by atoms with Gasteiger partial charge in [-0.15, -0.1) is 0 Å². The smallest absolute Gasteiger partial charge is 0.303 e. The van der Waals surface area contributed by atoms with Crippen molar-refractivity contribution in [3.05, 3.63) is 18.0 Å². The molecule has 0 amide bonds. The third-order valence-corrected chi connectivity index (χ3v) is 4.39. The zero-order chi connectivity index (χ0) is 15.5. The first-order chi connectivity index (χ1) is 9.85. The summed E-state index contributed by atoms with van der Waals surface area (Å²) in [6, 6.07) is 2.11. The van der Waals surface area contributed by atoms with Crippen LogP contribution in [0, 0.1) is 5.41 Å². The highest BCUT2D eigenvalue weighted by Gasteiger charge is 2.26. The number of carbonyl (C=O) groups is 1. The average molecular weight is 293 g/mol. The van der Waals surface area contributed by atoms with Crippen LogP contribution in [-0.2, 0) is 11.8 Å². The standard InChI is InChI=1S/C16H27N3O2/c1-16(2,11-15(20)21)7-10-19-8-4-5-13(12-19)14-6-9-18(3)17-14/h6,9,13H,4-5,7-8,10-12H2,1-3H3,(H,20,21)/t13-/m0/s1. The van der Waals surface area contributed by atoms with Gasteiger partial charge >= 0.3 is 5.97 Å². The Kier molecular flexibility index (Phi) is 5.04. The molecule has 1 aliphatic heterocycles. The Hall–Kier alpha value is -1.36. The summed E-state index contributed by atoms with van der Waals surface area (Å²) in [6.07, 6.45) is 5.57. The van der Waals surface area contributed by atoms with Crippen molar-refractivity contribution in [3.8, 4) is 0 Å². The summed E-state index contributed by atoms with van der Waals surface area (Å²) in [5, 5.41) is 13.5. The van der Waals surface area contributed by atoms with E-state index in [0.717, 1.165) is 26.1 Å². The van der Waals surface area contributed by atoms with Crippen LogP contribution >= 0.6 is 0 Å². The Labute approximate surface area is 126 Å². The lowest BCUT2D eigenvalue weighted by molar-refractivity contribution is -0.139. The van der Waals surface area contributed by atoms with E-state index in [4.69, 9.17) is 5.11 Å². The number of piperidine rings is 1. The number of rotatable bonds is 6. The Morgan fingerprint density at radius 2 is 2.29 bits per heavy atom. The minimum Gasteiger partial charge on any atom is -0.481 e. The number of hydrogen-bond donors (Lipinski definition) is 1. The minimum absolute atomic E-state index is 0.135. The van der Waals surface area contributed by atoms with Gasteiger partial charge in [0.15, 0.2) is 0 Å². The molecule has 2 rings (SSSR count). The van der Waals surface area contributed by atoms with E-state index in [1.54, 1.807) is 0 Å². The number of aromatic nitrogens is 2. The van der Waals surface area contributed by atoms with Crippen LogP contribution in [0.15, 0.2) is 12.3 Å². The van der Waals surface area contributed by atoms with E-state index >= 15 is 0 Å². The fraction of sp³-hybridized carbons (Fsp3) is 0.750. The molecule has 0 aliphatic carbocycles. The molecule has 1 aromatic rings. The van der Waals surface area contributed by atoms with E-state index < -0.39 is 5.97 Å². The second kappa shape index (κ2) is 6.60. The molecular weight excluding hydrogens is 266 g/mol. The van der Waals surface area contributed by atoms with Crippen molar-refractivity contribution in [2.75, 3.05) is 19.6 Å². The van der Waals surface area contributed by atoms with Gasteiger partial charge in [-0.3, -0.25) is 9.48 Å². The van der Waals surface area contributed by atoms with E-state index in [2.05, 4.69) is 16.1 Å². The van der Waals surface area contributed by atoms with Gasteiger partial charge in [0.1, 0.15) is 0 Å². The number of hydrogen-bond acceptors (Lipinski definition) is 3. The number of aliphatic carboxylic acids is 1. The molecule has 1 saturated heterocycles. The van der Waals surface area contributed by atoms with Crippen molar-refractivity contribution in [2.24, 2.45) is 12.5 Å². The predicted molar refractivity (Wildman–Crippen MR) is 82.3 cm³/mol. The first kappa shape index (κ1) is 16.0. The van der Waals surface area contributed by atoms with Gasteiger partial charge in [0, 0.05) is 25.7 Å². The molecule has 0 bridgehead atoms. The Morgan fingerprint density at radius 3 is 2.90 bits per heavy atom. The van der Waals surface area contributed by atoms with Gasteiger partial charge in [0.05, 0.1) is 12.1 Å². The largest absolute Gasteiger partial charge is 0.481 e. The molecule has 0 aromatic carbocycles. The third-order valence-electron chi connectivity index (χ3n) is 4.39. The van der Waals surface area contributed by atoms with Gasteiger partial charge in [-0.1, -0.05) is 13.8 Å². The number of carboxylic acid groups (broad SMARTS) is 1. The van der Waals surface area contributed by atoms with Crippen molar-refractivity contribution in [3.63, 3.8) is 0 Å². The highest BCUT2D eigenvalue weighted by molar-refractivity contribution is 5.67. The molecule has 1 aliphatic rings. The van der Waals surface area contributed by atoms with Crippen molar-refractivity contribution >= 4 is 5.97 Å². The predicted octanol–water partition coefficient (Wildman–Crippen LogP) is 2.49. The minimum atomic E-state index is -0.704. The lowest BCUT2D eigenvalue weighted by Gasteiger charge is -2.34. The van der Waals surface area contributed by atoms with Gasteiger partial charge in [-0.05, 0) is 43.8 Å². The van der Waals surface area contributed by atoms with Crippen molar-refractivity contribution < 1.29 is 9.90 Å². The van der Waals surface area contributed by atoms with Crippen LogP contribution in [-0.4, -0.2) is 45.4 Å². The summed E-state index contributed by atoms with van der Waals surface area (Å²) in [6.45, 7) is 7.22. The summed E-state index contributed by atoms with van der Waals surface area (Å²) in [5.74, 6) is -0.187. The Bertz CT molecular complexity index is 482. The number of likely N-dealkylation sites (tertiary alicyclic amines) is 1. The number of nitrogens with zero attached hydrogens (tertiary/aromatic N) is 3. The molecule has 0 radical (unpaired) electrons. The SMILES string of the molecule is Cn1ccc([C@H]2CCCN(CCC(C)(C)CC(=O)O)C2)n1. The number of carboxylic acids is 1. The number of aryl methyl sites for hydroxylation is 1. The molecule has 0 saturated carbocycles. The van der Waals surface area contributed by atoms with Crippen LogP contribution < -0.4 is 0 Å². The highest BCUT2D eigenvalue weighted by atomic mass is 16.4. The van der Waals surface area contributed by atoms with Gasteiger partial charge in [-0.25, -0.2) is 0 Å². The lowest BCUT2D eigenvalue weighted by Crippen LogP contribution is -2.37. The van der Waals surface area contributed by atoms with Crippen LogP contribution in [0.5, 0.6) is 0 Å². The summed E-state index contributed by atoms with van der Waals surface area (Å²) < 4.78 is 1.87. The highest BCUT2D eigenvalue weighted by Crippen LogP contribution is 2.29. The molecule has 0 unspecified atom stereocenters. The van der Waals surface area contributed by atoms with Gasteiger partial charge in [-0.2, -0.15) is 5.10 Å². The van der Waals surface area contributed by atoms with Crippen molar-refractivity contribution in [1.29, 1.82) is 0 Å². The maximum Gasteiger partial charge on any atom is 0.303 e. The molecule has 5 nitrogen and oxygen atoms in total. The summed E-state index contributed by atoms with van der Waals surface area (Å²) >= 11 is 0. The molecule has 5 heteroatoms. The Balaban J connectivity index is 1.85. The normalized spacial score (nSPS) is 20.6. The summed E-state index contributed by atoms with van der Waals surface area (Å²) in [7, 11) is 1.96. The molecular formula is C16H27N3O2. The summed E-state index contributed by atoms with van der Waals surface area (Å²) in [4.78, 5) is 13.3. The van der Waals surface area contributed by atoms with Crippen molar-refractivity contribution in [2.45, 2.75) is 45.4 Å². The molecule has 1 N–H and O–H groups in total. The third kappa shape index (κ3) is 4.84. The second-order valence-electron chi connectivity index (χ2n) is 7.04. The fourth-order valence-electron chi connectivity index (χ4n) is 3.11. The van der Waals surface area contributed by atoms with E-state index in [1.165, 1.54) is 18.5 Å². The molecule has 1 fully saturated rings.